The van der Waals surface area contributed by atoms with E-state index in [2.05, 4.69) is 28.4 Å². The third kappa shape index (κ3) is 3.76. The molecule has 1 heterocycles. The Bertz CT molecular complexity index is 778. The molecule has 4 N–H and O–H groups in total. The zero-order chi connectivity index (χ0) is 17.0. The molecule has 0 fully saturated rings. The highest BCUT2D eigenvalue weighted by Gasteiger charge is 2.15. The van der Waals surface area contributed by atoms with E-state index in [1.54, 1.807) is 6.92 Å². The Balaban J connectivity index is 2.66. The number of allylic oxidation sites excluding steroid dienone is 3. The van der Waals surface area contributed by atoms with Crippen molar-refractivity contribution in [2.24, 2.45) is 5.73 Å². The molecule has 1 atom stereocenters. The molecule has 23 heavy (non-hydrogen) atoms. The van der Waals surface area contributed by atoms with Gasteiger partial charge < -0.3 is 16.2 Å². The van der Waals surface area contributed by atoms with Crippen LogP contribution in [0, 0.1) is 0 Å². The summed E-state index contributed by atoms with van der Waals surface area (Å²) in [4.78, 5) is 9.10. The minimum absolute atomic E-state index is 0.00549. The summed E-state index contributed by atoms with van der Waals surface area (Å²) in [6.45, 7) is 11.8. The summed E-state index contributed by atoms with van der Waals surface area (Å²) < 4.78 is 0. The van der Waals surface area contributed by atoms with E-state index in [4.69, 9.17) is 5.73 Å². The topological polar surface area (TPSA) is 84.1 Å². The summed E-state index contributed by atoms with van der Waals surface area (Å²) in [6, 6.07) is 7.67. The number of nitrogens with zero attached hydrogens (tertiary/aromatic N) is 2. The minimum atomic E-state index is -0.00934. The van der Waals surface area contributed by atoms with Crippen LogP contribution in [0.15, 0.2) is 54.8 Å². The lowest BCUT2D eigenvalue weighted by atomic mass is 10.1. The van der Waals surface area contributed by atoms with Gasteiger partial charge in [-0.05, 0) is 37.6 Å². The second kappa shape index (κ2) is 7.07. The van der Waals surface area contributed by atoms with E-state index in [1.807, 2.05) is 31.2 Å². The van der Waals surface area contributed by atoms with Crippen LogP contribution in [0.4, 0.5) is 5.82 Å². The highest BCUT2D eigenvalue weighted by molar-refractivity contribution is 5.91. The molecule has 1 unspecified atom stereocenters. The second-order valence-electron chi connectivity index (χ2n) is 5.52. The number of rotatable bonds is 6. The van der Waals surface area contributed by atoms with E-state index >= 15 is 0 Å². The number of hydrogen-bond donors (Lipinski definition) is 3. The van der Waals surface area contributed by atoms with E-state index in [1.165, 1.54) is 6.08 Å². The maximum Gasteiger partial charge on any atom is 0.166 e. The molecule has 2 rings (SSSR count). The number of anilines is 1. The summed E-state index contributed by atoms with van der Waals surface area (Å²) in [5, 5.41) is 14.2. The molecule has 0 amide bonds. The van der Waals surface area contributed by atoms with Crippen molar-refractivity contribution >= 4 is 22.3 Å². The van der Waals surface area contributed by atoms with Crippen molar-refractivity contribution < 1.29 is 5.11 Å². The summed E-state index contributed by atoms with van der Waals surface area (Å²) in [5.74, 6) is 1.09. The number of aliphatic hydroxyl groups is 1. The van der Waals surface area contributed by atoms with Gasteiger partial charge in [-0.15, -0.1) is 0 Å². The molecule has 0 bridgehead atoms. The molecule has 0 radical (unpaired) electrons. The summed E-state index contributed by atoms with van der Waals surface area (Å²) in [7, 11) is 0. The van der Waals surface area contributed by atoms with E-state index in [9.17, 15) is 5.11 Å². The number of para-hydroxylation sites is 1. The predicted octanol–water partition coefficient (Wildman–Crippen LogP) is 3.42. The Hall–Kier alpha value is -2.66. The fourth-order valence-electron chi connectivity index (χ4n) is 2.21. The van der Waals surface area contributed by atoms with Gasteiger partial charge in [-0.25, -0.2) is 9.97 Å². The van der Waals surface area contributed by atoms with Crippen LogP contribution in [0.2, 0.25) is 0 Å². The number of nitrogens with two attached hydrogens (primary N) is 1. The van der Waals surface area contributed by atoms with Gasteiger partial charge in [-0.3, -0.25) is 0 Å². The van der Waals surface area contributed by atoms with Gasteiger partial charge in [0.25, 0.3) is 0 Å². The van der Waals surface area contributed by atoms with Crippen LogP contribution in [0.5, 0.6) is 0 Å². The first-order chi connectivity index (χ1) is 10.9. The Morgan fingerprint density at radius 1 is 1.39 bits per heavy atom. The number of benzene rings is 1. The molecule has 0 aliphatic carbocycles. The summed E-state index contributed by atoms with van der Waals surface area (Å²) in [6.07, 6.45) is 1.36. The Kier molecular flexibility index (Phi) is 5.13. The standard InChI is InChI=1S/C18H22N4O/c1-5-15(23)16(11(2)3)18-21-14-9-7-6-8-13(14)17(22-18)20-10-12(4)19/h5-9,12,23H,1-2,10,19H2,3-4H3,(H,20,21,22)/b16-15-. The van der Waals surface area contributed by atoms with Crippen molar-refractivity contribution in [2.45, 2.75) is 19.9 Å². The molecule has 0 aliphatic rings. The molecule has 120 valence electrons. The molecule has 1 aromatic carbocycles. The van der Waals surface area contributed by atoms with Gasteiger partial charge in [0.05, 0.1) is 11.1 Å². The number of nitrogens with one attached hydrogen (secondary N) is 1. The van der Waals surface area contributed by atoms with Crippen LogP contribution in [-0.4, -0.2) is 27.7 Å². The fourth-order valence-corrected chi connectivity index (χ4v) is 2.21. The molecule has 0 spiro atoms. The highest BCUT2D eigenvalue weighted by Crippen LogP contribution is 2.27. The first-order valence-corrected chi connectivity index (χ1v) is 7.42. The number of hydrogen-bond acceptors (Lipinski definition) is 5. The average molecular weight is 310 g/mol. The lowest BCUT2D eigenvalue weighted by Crippen LogP contribution is -2.25. The van der Waals surface area contributed by atoms with Gasteiger partial charge in [0.1, 0.15) is 11.6 Å². The maximum absolute atomic E-state index is 10.1. The number of aromatic nitrogens is 2. The first-order valence-electron chi connectivity index (χ1n) is 7.42. The lowest BCUT2D eigenvalue weighted by Gasteiger charge is -2.14. The number of fused-ring (bicyclic) bond motifs is 1. The predicted molar refractivity (Wildman–Crippen MR) is 96.2 cm³/mol. The molecule has 5 heteroatoms. The molecule has 2 aromatic rings. The second-order valence-corrected chi connectivity index (χ2v) is 5.52. The quantitative estimate of drug-likeness (QED) is 0.562. The van der Waals surface area contributed by atoms with Crippen LogP contribution in [-0.2, 0) is 0 Å². The van der Waals surface area contributed by atoms with E-state index in [0.29, 0.717) is 29.3 Å². The van der Waals surface area contributed by atoms with Gasteiger partial charge in [0.2, 0.25) is 0 Å². The van der Waals surface area contributed by atoms with E-state index in [-0.39, 0.29) is 11.8 Å². The van der Waals surface area contributed by atoms with Gasteiger partial charge in [0.15, 0.2) is 5.82 Å². The van der Waals surface area contributed by atoms with Crippen LogP contribution in [0.1, 0.15) is 19.7 Å². The van der Waals surface area contributed by atoms with Crippen molar-refractivity contribution in [3.05, 3.63) is 60.7 Å². The van der Waals surface area contributed by atoms with Gasteiger partial charge in [0, 0.05) is 18.0 Å². The SMILES string of the molecule is C=C/C(O)=C(\C(=C)C)c1nc(NCC(C)N)c2ccccc2n1. The summed E-state index contributed by atoms with van der Waals surface area (Å²) in [5.41, 5.74) is 7.74. The third-order valence-corrected chi connectivity index (χ3v) is 3.29. The van der Waals surface area contributed by atoms with Crippen molar-refractivity contribution in [1.29, 1.82) is 0 Å². The largest absolute Gasteiger partial charge is 0.507 e. The molecule has 1 aromatic heterocycles. The smallest absolute Gasteiger partial charge is 0.166 e. The molecular formula is C18H22N4O. The molecule has 5 nitrogen and oxygen atoms in total. The van der Waals surface area contributed by atoms with Crippen molar-refractivity contribution in [1.82, 2.24) is 9.97 Å². The monoisotopic (exact) mass is 310 g/mol. The van der Waals surface area contributed by atoms with Gasteiger partial charge in [-0.2, -0.15) is 0 Å². The lowest BCUT2D eigenvalue weighted by molar-refractivity contribution is 0.435. The van der Waals surface area contributed by atoms with Crippen LogP contribution in [0.3, 0.4) is 0 Å². The molecule has 0 saturated heterocycles. The molecular weight excluding hydrogens is 288 g/mol. The number of aliphatic hydroxyl groups excluding tert-OH is 1. The maximum atomic E-state index is 10.1. The zero-order valence-corrected chi connectivity index (χ0v) is 13.5. The van der Waals surface area contributed by atoms with E-state index < -0.39 is 0 Å². The fraction of sp³-hybridized carbons (Fsp3) is 0.222. The van der Waals surface area contributed by atoms with Gasteiger partial charge in [-0.1, -0.05) is 25.3 Å². The third-order valence-electron chi connectivity index (χ3n) is 3.29. The Morgan fingerprint density at radius 3 is 2.70 bits per heavy atom. The van der Waals surface area contributed by atoms with Crippen molar-refractivity contribution in [3.63, 3.8) is 0 Å². The van der Waals surface area contributed by atoms with Crippen molar-refractivity contribution in [2.75, 3.05) is 11.9 Å². The summed E-state index contributed by atoms with van der Waals surface area (Å²) >= 11 is 0. The Morgan fingerprint density at radius 2 is 2.09 bits per heavy atom. The van der Waals surface area contributed by atoms with Crippen LogP contribution in [0.25, 0.3) is 16.5 Å². The highest BCUT2D eigenvalue weighted by atomic mass is 16.3. The van der Waals surface area contributed by atoms with E-state index in [0.717, 1.165) is 10.9 Å². The van der Waals surface area contributed by atoms with Crippen LogP contribution < -0.4 is 11.1 Å². The Labute approximate surface area is 136 Å². The van der Waals surface area contributed by atoms with Crippen molar-refractivity contribution in [3.8, 4) is 0 Å². The normalized spacial score (nSPS) is 13.3. The first kappa shape index (κ1) is 16.7. The van der Waals surface area contributed by atoms with Gasteiger partial charge >= 0.3 is 0 Å². The minimum Gasteiger partial charge on any atom is -0.507 e. The van der Waals surface area contributed by atoms with Crippen LogP contribution >= 0.6 is 0 Å². The zero-order valence-electron chi connectivity index (χ0n) is 13.5. The average Bonchev–Trinajstić information content (AvgIpc) is 2.52. The molecule has 0 aliphatic heterocycles. The molecule has 0 saturated carbocycles.